The first-order chi connectivity index (χ1) is 13.0. The number of rotatable bonds is 4. The summed E-state index contributed by atoms with van der Waals surface area (Å²) in [5.74, 6) is 0.492. The number of nitrogens with zero attached hydrogens (tertiary/aromatic N) is 6. The van der Waals surface area contributed by atoms with Crippen LogP contribution in [0, 0.1) is 6.92 Å². The Morgan fingerprint density at radius 3 is 2.81 bits per heavy atom. The van der Waals surface area contributed by atoms with E-state index in [0.29, 0.717) is 28.1 Å². The zero-order valence-corrected chi connectivity index (χ0v) is 17.2. The molecule has 6 nitrogen and oxygen atoms in total. The average Bonchev–Trinajstić information content (AvgIpc) is 3.27. The standard InChI is InChI=1S/C18H13BrCl2N6/c1-11-3-2-4-12(5-11)9-27-24-18(23-25-27)13-8-22-26(10-13)16-7-14(19)6-15(20)17(16)21/h2-8,10H,9H2,1H3. The lowest BCUT2D eigenvalue weighted by Crippen LogP contribution is -2.04. The third kappa shape index (κ3) is 3.90. The van der Waals surface area contributed by atoms with Crippen molar-refractivity contribution in [1.29, 1.82) is 0 Å². The summed E-state index contributed by atoms with van der Waals surface area (Å²) in [7, 11) is 0. The van der Waals surface area contributed by atoms with Gasteiger partial charge in [0.1, 0.15) is 0 Å². The lowest BCUT2D eigenvalue weighted by atomic mass is 10.1. The van der Waals surface area contributed by atoms with Gasteiger partial charge in [-0.05, 0) is 29.8 Å². The minimum Gasteiger partial charge on any atom is -0.239 e. The summed E-state index contributed by atoms with van der Waals surface area (Å²) in [5.41, 5.74) is 3.70. The molecule has 0 aliphatic carbocycles. The number of hydrogen-bond acceptors (Lipinski definition) is 4. The van der Waals surface area contributed by atoms with Gasteiger partial charge in [0.2, 0.25) is 5.82 Å². The van der Waals surface area contributed by atoms with Crippen molar-refractivity contribution in [2.75, 3.05) is 0 Å². The quantitative estimate of drug-likeness (QED) is 0.401. The van der Waals surface area contributed by atoms with Gasteiger partial charge in [0.15, 0.2) is 0 Å². The molecule has 2 heterocycles. The first kappa shape index (κ1) is 18.2. The van der Waals surface area contributed by atoms with E-state index in [1.807, 2.05) is 18.2 Å². The Balaban J connectivity index is 1.60. The van der Waals surface area contributed by atoms with Gasteiger partial charge in [0.05, 0.1) is 34.0 Å². The molecule has 9 heteroatoms. The zero-order valence-electron chi connectivity index (χ0n) is 14.1. The second kappa shape index (κ2) is 7.42. The summed E-state index contributed by atoms with van der Waals surface area (Å²) in [6.45, 7) is 2.60. The average molecular weight is 464 g/mol. The molecule has 0 bridgehead atoms. The van der Waals surface area contributed by atoms with Gasteiger partial charge in [0, 0.05) is 10.7 Å². The van der Waals surface area contributed by atoms with Crippen LogP contribution in [-0.4, -0.2) is 30.0 Å². The van der Waals surface area contributed by atoms with E-state index in [2.05, 4.69) is 55.5 Å². The highest BCUT2D eigenvalue weighted by Crippen LogP contribution is 2.32. The molecule has 4 aromatic rings. The van der Waals surface area contributed by atoms with E-state index in [-0.39, 0.29) is 0 Å². The minimum atomic E-state index is 0.422. The molecule has 0 aliphatic heterocycles. The van der Waals surface area contributed by atoms with E-state index in [9.17, 15) is 0 Å². The van der Waals surface area contributed by atoms with Gasteiger partial charge in [-0.15, -0.1) is 10.2 Å². The van der Waals surface area contributed by atoms with Crippen molar-refractivity contribution < 1.29 is 0 Å². The highest BCUT2D eigenvalue weighted by molar-refractivity contribution is 9.10. The van der Waals surface area contributed by atoms with Crippen LogP contribution in [0.25, 0.3) is 17.1 Å². The Bertz CT molecular complexity index is 1120. The largest absolute Gasteiger partial charge is 0.239 e. The maximum atomic E-state index is 6.30. The van der Waals surface area contributed by atoms with E-state index >= 15 is 0 Å². The maximum Gasteiger partial charge on any atom is 0.208 e. The van der Waals surface area contributed by atoms with E-state index in [1.54, 1.807) is 27.9 Å². The number of tetrazole rings is 1. The SMILES string of the molecule is Cc1cccc(Cn2nnc(-c3cnn(-c4cc(Br)cc(Cl)c4Cl)c3)n2)c1. The van der Waals surface area contributed by atoms with Crippen LogP contribution in [0.15, 0.2) is 53.3 Å². The number of aryl methyl sites for hydroxylation is 1. The van der Waals surface area contributed by atoms with E-state index in [4.69, 9.17) is 23.2 Å². The van der Waals surface area contributed by atoms with Crippen LogP contribution < -0.4 is 0 Å². The Labute approximate surface area is 173 Å². The Hall–Kier alpha value is -2.22. The van der Waals surface area contributed by atoms with Crippen molar-refractivity contribution in [3.63, 3.8) is 0 Å². The molecule has 27 heavy (non-hydrogen) atoms. The molecule has 0 radical (unpaired) electrons. The monoisotopic (exact) mass is 462 g/mol. The summed E-state index contributed by atoms with van der Waals surface area (Å²) in [5, 5.41) is 17.9. The molecule has 0 spiro atoms. The molecule has 0 fully saturated rings. The van der Waals surface area contributed by atoms with Gasteiger partial charge in [-0.3, -0.25) is 0 Å². The second-order valence-corrected chi connectivity index (χ2v) is 7.73. The van der Waals surface area contributed by atoms with Crippen molar-refractivity contribution >= 4 is 39.1 Å². The topological polar surface area (TPSA) is 61.4 Å². The minimum absolute atomic E-state index is 0.422. The fraction of sp³-hybridized carbons (Fsp3) is 0.111. The van der Waals surface area contributed by atoms with E-state index in [0.717, 1.165) is 15.6 Å². The van der Waals surface area contributed by atoms with E-state index < -0.39 is 0 Å². The number of benzene rings is 2. The van der Waals surface area contributed by atoms with Gasteiger partial charge < -0.3 is 0 Å². The lowest BCUT2D eigenvalue weighted by Gasteiger charge is -2.06. The highest BCUT2D eigenvalue weighted by Gasteiger charge is 2.13. The van der Waals surface area contributed by atoms with Crippen LogP contribution in [0.4, 0.5) is 0 Å². The molecule has 2 aromatic carbocycles. The molecule has 0 amide bonds. The maximum absolute atomic E-state index is 6.30. The molecule has 0 aliphatic rings. The Kier molecular flexibility index (Phi) is 4.99. The van der Waals surface area contributed by atoms with Crippen molar-refractivity contribution in [1.82, 2.24) is 30.0 Å². The molecule has 0 unspecified atom stereocenters. The van der Waals surface area contributed by atoms with Gasteiger partial charge >= 0.3 is 0 Å². The van der Waals surface area contributed by atoms with E-state index in [1.165, 1.54) is 5.56 Å². The van der Waals surface area contributed by atoms with Crippen LogP contribution in [0.1, 0.15) is 11.1 Å². The number of halogens is 3. The molecule has 4 rings (SSSR count). The number of aromatic nitrogens is 6. The smallest absolute Gasteiger partial charge is 0.208 e. The molecule has 136 valence electrons. The van der Waals surface area contributed by atoms with Gasteiger partial charge in [-0.25, -0.2) is 4.68 Å². The first-order valence-corrected chi connectivity index (χ1v) is 9.58. The lowest BCUT2D eigenvalue weighted by molar-refractivity contribution is 0.572. The van der Waals surface area contributed by atoms with Crippen LogP contribution in [0.2, 0.25) is 10.0 Å². The van der Waals surface area contributed by atoms with Crippen molar-refractivity contribution in [2.24, 2.45) is 0 Å². The Morgan fingerprint density at radius 2 is 2.00 bits per heavy atom. The summed E-state index contributed by atoms with van der Waals surface area (Å²) < 4.78 is 2.45. The van der Waals surface area contributed by atoms with Crippen LogP contribution in [-0.2, 0) is 6.54 Å². The number of hydrogen-bond donors (Lipinski definition) is 0. The van der Waals surface area contributed by atoms with Gasteiger partial charge in [-0.1, -0.05) is 69.0 Å². The van der Waals surface area contributed by atoms with Crippen molar-refractivity contribution in [3.05, 3.63) is 74.4 Å². The molecule has 2 aromatic heterocycles. The molecule has 0 saturated carbocycles. The van der Waals surface area contributed by atoms with Crippen molar-refractivity contribution in [3.8, 4) is 17.1 Å². The fourth-order valence-corrected chi connectivity index (χ4v) is 3.67. The summed E-state index contributed by atoms with van der Waals surface area (Å²) in [4.78, 5) is 1.56. The first-order valence-electron chi connectivity index (χ1n) is 8.03. The molecule has 0 N–H and O–H groups in total. The third-order valence-corrected chi connectivity index (χ3v) is 5.17. The van der Waals surface area contributed by atoms with Crippen LogP contribution >= 0.6 is 39.1 Å². The highest BCUT2D eigenvalue weighted by atomic mass is 79.9. The molecule has 0 atom stereocenters. The fourth-order valence-electron chi connectivity index (χ4n) is 2.68. The summed E-state index contributed by atoms with van der Waals surface area (Å²) in [6.07, 6.45) is 3.46. The zero-order chi connectivity index (χ0) is 19.0. The normalized spacial score (nSPS) is 11.1. The summed E-state index contributed by atoms with van der Waals surface area (Å²) in [6, 6.07) is 11.8. The Morgan fingerprint density at radius 1 is 1.15 bits per heavy atom. The van der Waals surface area contributed by atoms with Crippen LogP contribution in [0.5, 0.6) is 0 Å². The van der Waals surface area contributed by atoms with Gasteiger partial charge in [0.25, 0.3) is 0 Å². The van der Waals surface area contributed by atoms with Crippen LogP contribution in [0.3, 0.4) is 0 Å². The molecular formula is C18H13BrCl2N6. The predicted octanol–water partition coefficient (Wildman–Crippen LogP) is 4.95. The predicted molar refractivity (Wildman–Crippen MR) is 108 cm³/mol. The molecule has 0 saturated heterocycles. The third-order valence-electron chi connectivity index (χ3n) is 3.92. The second-order valence-electron chi connectivity index (χ2n) is 6.03. The molecular weight excluding hydrogens is 451 g/mol. The summed E-state index contributed by atoms with van der Waals surface area (Å²) >= 11 is 15.9. The van der Waals surface area contributed by atoms with Gasteiger partial charge in [-0.2, -0.15) is 9.90 Å². The van der Waals surface area contributed by atoms with Crippen molar-refractivity contribution in [2.45, 2.75) is 13.5 Å².